The summed E-state index contributed by atoms with van der Waals surface area (Å²) in [5.41, 5.74) is 1.30. The highest BCUT2D eigenvalue weighted by molar-refractivity contribution is 7.99. The van der Waals surface area contributed by atoms with Crippen LogP contribution in [-0.2, 0) is 6.54 Å². The third-order valence-corrected chi connectivity index (χ3v) is 2.93. The lowest BCUT2D eigenvalue weighted by atomic mass is 10.3. The zero-order valence-electron chi connectivity index (χ0n) is 8.33. The van der Waals surface area contributed by atoms with E-state index in [1.807, 2.05) is 24.2 Å². The van der Waals surface area contributed by atoms with Crippen molar-refractivity contribution >= 4 is 11.8 Å². The van der Waals surface area contributed by atoms with E-state index in [9.17, 15) is 0 Å². The molecule has 0 aromatic carbocycles. The molecule has 0 unspecified atom stereocenters. The zero-order chi connectivity index (χ0) is 10.1. The highest BCUT2D eigenvalue weighted by Crippen LogP contribution is 2.00. The molecule has 0 amide bonds. The fourth-order valence-corrected chi connectivity index (χ4v) is 1.94. The summed E-state index contributed by atoms with van der Waals surface area (Å²) in [5.74, 6) is 2.17. The fraction of sp³-hybridized carbons (Fsp3) is 0.600. The van der Waals surface area contributed by atoms with E-state index in [1.54, 1.807) is 0 Å². The Morgan fingerprint density at radius 1 is 1.43 bits per heavy atom. The smallest absolute Gasteiger partial charge is 0.0438 e. The summed E-state index contributed by atoms with van der Waals surface area (Å²) < 4.78 is 0. The summed E-state index contributed by atoms with van der Waals surface area (Å²) in [7, 11) is 0. The molecule has 1 aromatic rings. The van der Waals surface area contributed by atoms with Gasteiger partial charge in [-0.15, -0.1) is 0 Å². The molecule has 0 aliphatic rings. The number of aliphatic hydroxyl groups excluding tert-OH is 1. The van der Waals surface area contributed by atoms with Gasteiger partial charge in [0.1, 0.15) is 0 Å². The van der Waals surface area contributed by atoms with Gasteiger partial charge in [-0.2, -0.15) is 11.8 Å². The maximum Gasteiger partial charge on any atom is 0.0438 e. The van der Waals surface area contributed by atoms with Gasteiger partial charge in [0.05, 0.1) is 0 Å². The SMILES string of the molecule is OCCCSCCNCc1cc[nH]c1. The molecule has 0 radical (unpaired) electrons. The van der Waals surface area contributed by atoms with Gasteiger partial charge in [0.15, 0.2) is 0 Å². The van der Waals surface area contributed by atoms with Crippen LogP contribution in [0.1, 0.15) is 12.0 Å². The second kappa shape index (κ2) is 7.91. The van der Waals surface area contributed by atoms with Crippen molar-refractivity contribution in [1.82, 2.24) is 10.3 Å². The lowest BCUT2D eigenvalue weighted by molar-refractivity contribution is 0.296. The Morgan fingerprint density at radius 3 is 3.07 bits per heavy atom. The molecule has 1 heterocycles. The molecule has 4 heteroatoms. The maximum absolute atomic E-state index is 8.56. The Hall–Kier alpha value is -0.450. The van der Waals surface area contributed by atoms with Crippen LogP contribution in [0.4, 0.5) is 0 Å². The molecule has 1 rings (SSSR count). The van der Waals surface area contributed by atoms with Crippen molar-refractivity contribution in [3.8, 4) is 0 Å². The van der Waals surface area contributed by atoms with E-state index in [0.717, 1.165) is 31.0 Å². The number of aromatic nitrogens is 1. The monoisotopic (exact) mass is 214 g/mol. The van der Waals surface area contributed by atoms with E-state index < -0.39 is 0 Å². The van der Waals surface area contributed by atoms with Crippen LogP contribution in [0, 0.1) is 0 Å². The first-order chi connectivity index (χ1) is 6.93. The van der Waals surface area contributed by atoms with Gasteiger partial charge in [-0.25, -0.2) is 0 Å². The molecule has 0 atom stereocenters. The minimum Gasteiger partial charge on any atom is -0.396 e. The van der Waals surface area contributed by atoms with Crippen LogP contribution in [0.25, 0.3) is 0 Å². The average molecular weight is 214 g/mol. The van der Waals surface area contributed by atoms with Crippen molar-refractivity contribution in [2.75, 3.05) is 24.7 Å². The molecule has 0 saturated heterocycles. The average Bonchev–Trinajstić information content (AvgIpc) is 2.69. The second-order valence-corrected chi connectivity index (χ2v) is 4.31. The van der Waals surface area contributed by atoms with Crippen LogP contribution in [0.15, 0.2) is 18.5 Å². The Morgan fingerprint density at radius 2 is 2.36 bits per heavy atom. The summed E-state index contributed by atoms with van der Waals surface area (Å²) in [6.45, 7) is 2.27. The van der Waals surface area contributed by atoms with Crippen LogP contribution in [-0.4, -0.2) is 34.7 Å². The van der Waals surface area contributed by atoms with E-state index in [0.29, 0.717) is 6.61 Å². The van der Waals surface area contributed by atoms with Crippen molar-refractivity contribution in [3.63, 3.8) is 0 Å². The Balaban J connectivity index is 1.85. The van der Waals surface area contributed by atoms with Gasteiger partial charge >= 0.3 is 0 Å². The molecule has 14 heavy (non-hydrogen) atoms. The Labute approximate surface area is 89.3 Å². The normalized spacial score (nSPS) is 10.6. The molecule has 0 aliphatic carbocycles. The minimum atomic E-state index is 0.309. The second-order valence-electron chi connectivity index (χ2n) is 3.09. The Bertz CT molecular complexity index is 214. The first kappa shape index (κ1) is 11.6. The molecule has 3 N–H and O–H groups in total. The van der Waals surface area contributed by atoms with E-state index in [4.69, 9.17) is 5.11 Å². The van der Waals surface area contributed by atoms with Crippen LogP contribution < -0.4 is 5.32 Å². The number of rotatable bonds is 8. The highest BCUT2D eigenvalue weighted by atomic mass is 32.2. The lowest BCUT2D eigenvalue weighted by Gasteiger charge is -2.02. The van der Waals surface area contributed by atoms with Gasteiger partial charge in [0.25, 0.3) is 0 Å². The minimum absolute atomic E-state index is 0.309. The number of aliphatic hydroxyl groups is 1. The number of hydrogen-bond acceptors (Lipinski definition) is 3. The number of thioether (sulfide) groups is 1. The molecule has 1 aromatic heterocycles. The molecule has 0 saturated carbocycles. The summed E-state index contributed by atoms with van der Waals surface area (Å²) >= 11 is 1.88. The van der Waals surface area contributed by atoms with Gasteiger partial charge in [0, 0.05) is 37.8 Å². The molecule has 3 nitrogen and oxygen atoms in total. The Kier molecular flexibility index (Phi) is 6.57. The maximum atomic E-state index is 8.56. The van der Waals surface area contributed by atoms with Gasteiger partial charge in [-0.05, 0) is 23.8 Å². The van der Waals surface area contributed by atoms with E-state index in [-0.39, 0.29) is 0 Å². The molecule has 0 bridgehead atoms. The third kappa shape index (κ3) is 5.32. The quantitative estimate of drug-likeness (QED) is 0.570. The third-order valence-electron chi connectivity index (χ3n) is 1.86. The summed E-state index contributed by atoms with van der Waals surface area (Å²) in [4.78, 5) is 3.03. The van der Waals surface area contributed by atoms with Crippen LogP contribution in [0.5, 0.6) is 0 Å². The zero-order valence-corrected chi connectivity index (χ0v) is 9.15. The largest absolute Gasteiger partial charge is 0.396 e. The highest BCUT2D eigenvalue weighted by Gasteiger charge is 1.92. The summed E-state index contributed by atoms with van der Waals surface area (Å²) in [6, 6.07) is 2.08. The van der Waals surface area contributed by atoms with Crippen molar-refractivity contribution in [2.24, 2.45) is 0 Å². The molecular weight excluding hydrogens is 196 g/mol. The fourth-order valence-electron chi connectivity index (χ4n) is 1.11. The number of aromatic amines is 1. The van der Waals surface area contributed by atoms with E-state index in [1.165, 1.54) is 5.56 Å². The first-order valence-electron chi connectivity index (χ1n) is 4.94. The van der Waals surface area contributed by atoms with Gasteiger partial charge < -0.3 is 15.4 Å². The van der Waals surface area contributed by atoms with Gasteiger partial charge in [-0.1, -0.05) is 0 Å². The summed E-state index contributed by atoms with van der Waals surface area (Å²) in [5, 5.41) is 11.9. The van der Waals surface area contributed by atoms with E-state index >= 15 is 0 Å². The molecule has 0 spiro atoms. The standard InChI is InChI=1S/C10H18N2OS/c13-5-1-6-14-7-4-12-9-10-2-3-11-8-10/h2-3,8,11-13H,1,4-7,9H2. The molecular formula is C10H18N2OS. The van der Waals surface area contributed by atoms with Crippen molar-refractivity contribution in [2.45, 2.75) is 13.0 Å². The van der Waals surface area contributed by atoms with Crippen molar-refractivity contribution < 1.29 is 5.11 Å². The van der Waals surface area contributed by atoms with Crippen molar-refractivity contribution in [1.29, 1.82) is 0 Å². The van der Waals surface area contributed by atoms with E-state index in [2.05, 4.69) is 16.4 Å². The molecule has 80 valence electrons. The number of nitrogens with one attached hydrogen (secondary N) is 2. The van der Waals surface area contributed by atoms with Gasteiger partial charge in [-0.3, -0.25) is 0 Å². The van der Waals surface area contributed by atoms with Gasteiger partial charge in [0.2, 0.25) is 0 Å². The van der Waals surface area contributed by atoms with Crippen LogP contribution in [0.3, 0.4) is 0 Å². The summed E-state index contributed by atoms with van der Waals surface area (Å²) in [6.07, 6.45) is 4.85. The lowest BCUT2D eigenvalue weighted by Crippen LogP contribution is -2.16. The van der Waals surface area contributed by atoms with Crippen molar-refractivity contribution in [3.05, 3.63) is 24.0 Å². The van der Waals surface area contributed by atoms with Crippen LogP contribution >= 0.6 is 11.8 Å². The number of H-pyrrole nitrogens is 1. The first-order valence-corrected chi connectivity index (χ1v) is 6.10. The number of hydrogen-bond donors (Lipinski definition) is 3. The molecule has 0 fully saturated rings. The molecule has 0 aliphatic heterocycles. The predicted molar refractivity (Wildman–Crippen MR) is 61.5 cm³/mol. The topological polar surface area (TPSA) is 48.0 Å². The van der Waals surface area contributed by atoms with Crippen LogP contribution in [0.2, 0.25) is 0 Å². The predicted octanol–water partition coefficient (Wildman–Crippen LogP) is 1.22.